The highest BCUT2D eigenvalue weighted by Gasteiger charge is 2.22. The first kappa shape index (κ1) is 15.8. The van der Waals surface area contributed by atoms with E-state index in [4.69, 9.17) is 5.11 Å². The van der Waals surface area contributed by atoms with Crippen LogP contribution in [-0.4, -0.2) is 66.7 Å². The van der Waals surface area contributed by atoms with Gasteiger partial charge in [0.25, 0.3) is 0 Å². The maximum atomic E-state index is 11.8. The summed E-state index contributed by atoms with van der Waals surface area (Å²) in [6.07, 6.45) is 1.11. The van der Waals surface area contributed by atoms with Gasteiger partial charge in [-0.05, 0) is 25.4 Å². The van der Waals surface area contributed by atoms with Crippen LogP contribution >= 0.6 is 0 Å². The molecule has 110 valence electrons. The number of amides is 2. The van der Waals surface area contributed by atoms with Crippen LogP contribution in [0.5, 0.6) is 0 Å². The van der Waals surface area contributed by atoms with E-state index in [1.54, 1.807) is 14.0 Å². The van der Waals surface area contributed by atoms with E-state index in [-0.39, 0.29) is 12.6 Å². The Morgan fingerprint density at radius 3 is 2.74 bits per heavy atom. The van der Waals surface area contributed by atoms with E-state index in [2.05, 4.69) is 17.1 Å². The monoisotopic (exact) mass is 271 g/mol. The van der Waals surface area contributed by atoms with Crippen LogP contribution in [0.4, 0.5) is 4.79 Å². The van der Waals surface area contributed by atoms with Crippen molar-refractivity contribution >= 4 is 12.0 Å². The minimum absolute atomic E-state index is 0.192. The van der Waals surface area contributed by atoms with Crippen LogP contribution in [0.15, 0.2) is 0 Å². The third-order valence-corrected chi connectivity index (χ3v) is 3.68. The van der Waals surface area contributed by atoms with Crippen molar-refractivity contribution in [3.63, 3.8) is 0 Å². The summed E-state index contributed by atoms with van der Waals surface area (Å²) in [5.41, 5.74) is 0. The van der Waals surface area contributed by atoms with Gasteiger partial charge in [-0.25, -0.2) is 4.79 Å². The van der Waals surface area contributed by atoms with Gasteiger partial charge in [-0.3, -0.25) is 4.79 Å². The Hall–Kier alpha value is -1.30. The number of carbonyl (C=O) groups is 2. The molecule has 0 bridgehead atoms. The Kier molecular flexibility index (Phi) is 6.08. The molecular formula is C13H25N3O3. The van der Waals surface area contributed by atoms with E-state index >= 15 is 0 Å². The minimum Gasteiger partial charge on any atom is -0.481 e. The Balaban J connectivity index is 2.25. The summed E-state index contributed by atoms with van der Waals surface area (Å²) in [7, 11) is 1.63. The van der Waals surface area contributed by atoms with Crippen molar-refractivity contribution in [2.45, 2.75) is 20.3 Å². The largest absolute Gasteiger partial charge is 0.481 e. The molecule has 0 aromatic rings. The number of carboxylic acid groups (broad SMARTS) is 1. The summed E-state index contributed by atoms with van der Waals surface area (Å²) in [5, 5.41) is 11.7. The zero-order valence-electron chi connectivity index (χ0n) is 12.1. The fourth-order valence-corrected chi connectivity index (χ4v) is 2.31. The average Bonchev–Trinajstić information content (AvgIpc) is 2.83. The van der Waals surface area contributed by atoms with Gasteiger partial charge in [0.15, 0.2) is 0 Å². The summed E-state index contributed by atoms with van der Waals surface area (Å²) < 4.78 is 0. The predicted octanol–water partition coefficient (Wildman–Crippen LogP) is 0.690. The number of hydrogen-bond acceptors (Lipinski definition) is 3. The molecule has 6 heteroatoms. The topological polar surface area (TPSA) is 72.9 Å². The molecule has 1 fully saturated rings. The SMILES string of the molecule is CCN1CCC(CNC(=O)N(C)CC(C)C(=O)O)C1. The van der Waals surface area contributed by atoms with Gasteiger partial charge in [-0.15, -0.1) is 0 Å². The molecule has 6 nitrogen and oxygen atoms in total. The number of carbonyl (C=O) groups excluding carboxylic acids is 1. The summed E-state index contributed by atoms with van der Waals surface area (Å²) >= 11 is 0. The molecule has 0 aliphatic carbocycles. The Morgan fingerprint density at radius 2 is 2.21 bits per heavy atom. The van der Waals surface area contributed by atoms with Crippen LogP contribution in [0.1, 0.15) is 20.3 Å². The number of nitrogens with one attached hydrogen (secondary N) is 1. The van der Waals surface area contributed by atoms with Gasteiger partial charge in [0.2, 0.25) is 0 Å². The number of rotatable bonds is 6. The van der Waals surface area contributed by atoms with E-state index in [0.29, 0.717) is 12.5 Å². The highest BCUT2D eigenvalue weighted by molar-refractivity contribution is 5.75. The lowest BCUT2D eigenvalue weighted by molar-refractivity contribution is -0.141. The van der Waals surface area contributed by atoms with Gasteiger partial charge >= 0.3 is 12.0 Å². The summed E-state index contributed by atoms with van der Waals surface area (Å²) in [6.45, 7) is 7.83. The molecule has 0 aromatic carbocycles. The highest BCUT2D eigenvalue weighted by atomic mass is 16.4. The van der Waals surface area contributed by atoms with Crippen LogP contribution < -0.4 is 5.32 Å². The zero-order chi connectivity index (χ0) is 14.4. The van der Waals surface area contributed by atoms with Gasteiger partial charge in [-0.2, -0.15) is 0 Å². The maximum absolute atomic E-state index is 11.8. The quantitative estimate of drug-likeness (QED) is 0.745. The van der Waals surface area contributed by atoms with Crippen LogP contribution in [0, 0.1) is 11.8 Å². The summed E-state index contributed by atoms with van der Waals surface area (Å²) in [5.74, 6) is -0.916. The van der Waals surface area contributed by atoms with E-state index in [1.165, 1.54) is 4.90 Å². The van der Waals surface area contributed by atoms with Gasteiger partial charge in [0.05, 0.1) is 5.92 Å². The number of hydrogen-bond donors (Lipinski definition) is 2. The first-order valence-corrected chi connectivity index (χ1v) is 6.88. The van der Waals surface area contributed by atoms with Crippen LogP contribution in [0.3, 0.4) is 0 Å². The second kappa shape index (κ2) is 7.33. The van der Waals surface area contributed by atoms with Crippen LogP contribution in [-0.2, 0) is 4.79 Å². The number of aliphatic carboxylic acids is 1. The summed E-state index contributed by atoms with van der Waals surface area (Å²) in [6, 6.07) is -0.192. The molecule has 1 saturated heterocycles. The molecule has 0 radical (unpaired) electrons. The van der Waals surface area contributed by atoms with Crippen molar-refractivity contribution in [3.05, 3.63) is 0 Å². The van der Waals surface area contributed by atoms with Gasteiger partial charge in [-0.1, -0.05) is 13.8 Å². The smallest absolute Gasteiger partial charge is 0.317 e. The van der Waals surface area contributed by atoms with E-state index in [0.717, 1.165) is 26.1 Å². The molecule has 0 saturated carbocycles. The van der Waals surface area contributed by atoms with Crippen molar-refractivity contribution in [1.82, 2.24) is 15.1 Å². The van der Waals surface area contributed by atoms with E-state index < -0.39 is 11.9 Å². The first-order chi connectivity index (χ1) is 8.93. The molecule has 19 heavy (non-hydrogen) atoms. The molecule has 0 spiro atoms. The Bertz CT molecular complexity index is 322. The van der Waals surface area contributed by atoms with Crippen molar-refractivity contribution < 1.29 is 14.7 Å². The Morgan fingerprint density at radius 1 is 1.53 bits per heavy atom. The second-order valence-corrected chi connectivity index (χ2v) is 5.35. The molecular weight excluding hydrogens is 246 g/mol. The molecule has 1 rings (SSSR count). The standard InChI is InChI=1S/C13H25N3O3/c1-4-16-6-5-11(9-16)7-14-13(19)15(3)8-10(2)12(17)18/h10-11H,4-9H2,1-3H3,(H,14,19)(H,17,18). The molecule has 2 atom stereocenters. The zero-order valence-corrected chi connectivity index (χ0v) is 12.1. The van der Waals surface area contributed by atoms with E-state index in [1.807, 2.05) is 0 Å². The average molecular weight is 271 g/mol. The lowest BCUT2D eigenvalue weighted by Crippen LogP contribution is -2.42. The molecule has 2 unspecified atom stereocenters. The third kappa shape index (κ3) is 5.06. The van der Waals surface area contributed by atoms with Crippen molar-refractivity contribution in [3.8, 4) is 0 Å². The van der Waals surface area contributed by atoms with Gasteiger partial charge < -0.3 is 20.2 Å². The minimum atomic E-state index is -0.881. The number of nitrogens with zero attached hydrogens (tertiary/aromatic N) is 2. The van der Waals surface area contributed by atoms with Crippen molar-refractivity contribution in [2.75, 3.05) is 39.8 Å². The number of likely N-dealkylation sites (tertiary alicyclic amines) is 1. The van der Waals surface area contributed by atoms with Crippen LogP contribution in [0.25, 0.3) is 0 Å². The van der Waals surface area contributed by atoms with Crippen molar-refractivity contribution in [1.29, 1.82) is 0 Å². The second-order valence-electron chi connectivity index (χ2n) is 5.35. The van der Waals surface area contributed by atoms with Gasteiger partial charge in [0, 0.05) is 26.7 Å². The molecule has 2 N–H and O–H groups in total. The number of carboxylic acids is 1. The molecule has 1 aliphatic rings. The normalized spacial score (nSPS) is 21.1. The molecule has 1 aliphatic heterocycles. The predicted molar refractivity (Wildman–Crippen MR) is 73.0 cm³/mol. The fraction of sp³-hybridized carbons (Fsp3) is 0.846. The van der Waals surface area contributed by atoms with E-state index in [9.17, 15) is 9.59 Å². The molecule has 2 amide bonds. The van der Waals surface area contributed by atoms with Crippen molar-refractivity contribution in [2.24, 2.45) is 11.8 Å². The summed E-state index contributed by atoms with van der Waals surface area (Å²) in [4.78, 5) is 26.4. The van der Waals surface area contributed by atoms with Gasteiger partial charge in [0.1, 0.15) is 0 Å². The maximum Gasteiger partial charge on any atom is 0.317 e. The third-order valence-electron chi connectivity index (χ3n) is 3.68. The molecule has 1 heterocycles. The lowest BCUT2D eigenvalue weighted by atomic mass is 10.1. The highest BCUT2D eigenvalue weighted by Crippen LogP contribution is 2.14. The number of urea groups is 1. The lowest BCUT2D eigenvalue weighted by Gasteiger charge is -2.21. The van der Waals surface area contributed by atoms with Crippen LogP contribution in [0.2, 0.25) is 0 Å². The fourth-order valence-electron chi connectivity index (χ4n) is 2.31. The molecule has 0 aromatic heterocycles. The first-order valence-electron chi connectivity index (χ1n) is 6.88. The Labute approximate surface area is 114 Å².